The summed E-state index contributed by atoms with van der Waals surface area (Å²) >= 11 is 0. The third-order valence-corrected chi connectivity index (χ3v) is 0.427. The molecular weight excluding hydrogens is 78.0 g/mol. The quantitative estimate of drug-likeness (QED) is 0.488. The highest BCUT2D eigenvalue weighted by molar-refractivity contribution is 5.75. The maximum atomic E-state index is 10.2. The lowest BCUT2D eigenvalue weighted by Gasteiger charge is -1.90. The van der Waals surface area contributed by atoms with Crippen LogP contribution >= 0.6 is 0 Å². The highest BCUT2D eigenvalue weighted by atomic mass is 16.1. The van der Waals surface area contributed by atoms with Crippen molar-refractivity contribution < 1.29 is 8.91 Å². The fourth-order valence-electron chi connectivity index (χ4n) is 0. The number of amides is 1. The predicted molar refractivity (Wildman–Crippen MR) is 24.0 cm³/mol. The predicted octanol–water partition coefficient (Wildman–Crippen LogP) is 0.128. The number of rotatable bonds is 1. The molecule has 0 aliphatic heterocycles. The van der Waals surface area contributed by atoms with Crippen molar-refractivity contribution in [2.45, 2.75) is 13.8 Å². The van der Waals surface area contributed by atoms with Crippen LogP contribution in [0.1, 0.15) is 17.9 Å². The molecular formula is C4H9NO. The molecule has 0 aromatic rings. The minimum Gasteiger partial charge on any atom is -0.369 e. The Morgan fingerprint density at radius 3 is 2.67 bits per heavy atom. The van der Waals surface area contributed by atoms with Gasteiger partial charge in [-0.1, -0.05) is 13.8 Å². The zero-order valence-corrected chi connectivity index (χ0v) is 3.56. The summed E-state index contributed by atoms with van der Waals surface area (Å²) in [6.07, 6.45) is 0. The van der Waals surface area contributed by atoms with E-state index in [2.05, 4.69) is 0 Å². The maximum absolute atomic E-state index is 10.2. The molecule has 0 saturated carbocycles. The van der Waals surface area contributed by atoms with Gasteiger partial charge in [-0.15, -0.1) is 0 Å². The van der Waals surface area contributed by atoms with Crippen LogP contribution in [-0.4, -0.2) is 5.91 Å². The van der Waals surface area contributed by atoms with Crippen LogP contribution in [-0.2, 0) is 4.79 Å². The molecule has 0 aromatic heterocycles. The molecule has 0 rings (SSSR count). The molecule has 6 heavy (non-hydrogen) atoms. The second-order valence-electron chi connectivity index (χ2n) is 1.12. The average molecular weight is 90.1 g/mol. The van der Waals surface area contributed by atoms with Crippen LogP contribution in [0.4, 0.5) is 0 Å². The third kappa shape index (κ3) is 1.76. The van der Waals surface area contributed by atoms with Gasteiger partial charge in [-0.2, -0.15) is 0 Å². The van der Waals surface area contributed by atoms with E-state index in [9.17, 15) is 4.79 Å². The molecule has 0 aromatic carbocycles. The highest BCUT2D eigenvalue weighted by Crippen LogP contribution is 1.84. The van der Waals surface area contributed by atoms with Gasteiger partial charge in [0.2, 0.25) is 5.91 Å². The number of hydrogen-bond donors (Lipinski definition) is 1. The molecule has 0 heterocycles. The number of carbonyl (C=O) groups is 1. The van der Waals surface area contributed by atoms with Crippen molar-refractivity contribution in [1.82, 2.24) is 0 Å². The largest absolute Gasteiger partial charge is 0.369 e. The van der Waals surface area contributed by atoms with Crippen LogP contribution in [0.5, 0.6) is 0 Å². The van der Waals surface area contributed by atoms with Crippen LogP contribution in [0.15, 0.2) is 0 Å². The summed E-state index contributed by atoms with van der Waals surface area (Å²) in [5.41, 5.74) is 4.72. The SMILES string of the molecule is [2H]C([2H])([2H])C(C)C(N)=O. The minimum atomic E-state index is -2.24. The Labute approximate surface area is 41.6 Å². The maximum Gasteiger partial charge on any atom is 0.219 e. The van der Waals surface area contributed by atoms with Gasteiger partial charge in [0.15, 0.2) is 0 Å². The second-order valence-corrected chi connectivity index (χ2v) is 1.12. The van der Waals surface area contributed by atoms with Gasteiger partial charge < -0.3 is 5.73 Å². The molecule has 0 radical (unpaired) electrons. The molecule has 36 valence electrons. The van der Waals surface area contributed by atoms with Crippen molar-refractivity contribution in [3.8, 4) is 0 Å². The van der Waals surface area contributed by atoms with Crippen molar-refractivity contribution >= 4 is 5.91 Å². The lowest BCUT2D eigenvalue weighted by molar-refractivity contribution is -0.120. The van der Waals surface area contributed by atoms with Gasteiger partial charge in [-0.3, -0.25) is 4.79 Å². The standard InChI is InChI=1S/C4H9NO/c1-3(2)4(5)6/h3H,1-2H3,(H2,5,6)/i1D3. The van der Waals surface area contributed by atoms with Crippen LogP contribution in [0.2, 0.25) is 0 Å². The zero-order chi connectivity index (χ0) is 7.65. The summed E-state index contributed by atoms with van der Waals surface area (Å²) in [5, 5.41) is 0. The van der Waals surface area contributed by atoms with E-state index < -0.39 is 18.7 Å². The summed E-state index contributed by atoms with van der Waals surface area (Å²) in [6, 6.07) is 0. The van der Waals surface area contributed by atoms with Crippen molar-refractivity contribution in [3.63, 3.8) is 0 Å². The van der Waals surface area contributed by atoms with E-state index in [0.717, 1.165) is 0 Å². The molecule has 1 unspecified atom stereocenters. The van der Waals surface area contributed by atoms with Crippen LogP contribution in [0.25, 0.3) is 0 Å². The molecule has 0 spiro atoms. The Morgan fingerprint density at radius 2 is 2.67 bits per heavy atom. The normalized spacial score (nSPS) is 23.2. The van der Waals surface area contributed by atoms with E-state index in [1.165, 1.54) is 6.92 Å². The van der Waals surface area contributed by atoms with E-state index in [-0.39, 0.29) is 0 Å². The molecule has 1 amide bonds. The molecule has 0 saturated heterocycles. The molecule has 2 N–H and O–H groups in total. The summed E-state index contributed by atoms with van der Waals surface area (Å²) in [7, 11) is 0. The van der Waals surface area contributed by atoms with Gasteiger partial charge in [-0.25, -0.2) is 0 Å². The Bertz CT molecular complexity index is 119. The van der Waals surface area contributed by atoms with Crippen molar-refractivity contribution in [2.75, 3.05) is 0 Å². The van der Waals surface area contributed by atoms with E-state index in [1.54, 1.807) is 0 Å². The van der Waals surface area contributed by atoms with Gasteiger partial charge in [0.25, 0.3) is 0 Å². The first-order valence-electron chi connectivity index (χ1n) is 3.15. The van der Waals surface area contributed by atoms with Crippen molar-refractivity contribution in [3.05, 3.63) is 0 Å². The summed E-state index contributed by atoms with van der Waals surface area (Å²) in [6.45, 7) is -0.957. The zero-order valence-electron chi connectivity index (χ0n) is 6.56. The van der Waals surface area contributed by atoms with E-state index in [4.69, 9.17) is 9.85 Å². The number of hydrogen-bond acceptors (Lipinski definition) is 1. The Balaban J connectivity index is 4.04. The first kappa shape index (κ1) is 1.96. The van der Waals surface area contributed by atoms with Gasteiger partial charge in [0, 0.05) is 10.0 Å². The molecule has 0 fully saturated rings. The second kappa shape index (κ2) is 1.80. The lowest BCUT2D eigenvalue weighted by atomic mass is 10.2. The number of carbonyl (C=O) groups excluding carboxylic acids is 1. The fourth-order valence-corrected chi connectivity index (χ4v) is 0. The Hall–Kier alpha value is -0.530. The monoisotopic (exact) mass is 90.1 g/mol. The fraction of sp³-hybridized carbons (Fsp3) is 0.750. The van der Waals surface area contributed by atoms with Crippen molar-refractivity contribution in [2.24, 2.45) is 11.7 Å². The minimum absolute atomic E-state index is 0.782. The molecule has 2 nitrogen and oxygen atoms in total. The van der Waals surface area contributed by atoms with Crippen LogP contribution in [0, 0.1) is 5.92 Å². The van der Waals surface area contributed by atoms with Gasteiger partial charge in [-0.05, 0) is 0 Å². The van der Waals surface area contributed by atoms with E-state index in [1.807, 2.05) is 0 Å². The smallest absolute Gasteiger partial charge is 0.219 e. The van der Waals surface area contributed by atoms with Crippen molar-refractivity contribution in [1.29, 1.82) is 0 Å². The molecule has 1 atom stereocenters. The average Bonchev–Trinajstić information content (AvgIpc) is 1.62. The molecule has 2 heteroatoms. The molecule has 0 aliphatic carbocycles. The van der Waals surface area contributed by atoms with Gasteiger partial charge in [0.1, 0.15) is 0 Å². The topological polar surface area (TPSA) is 43.1 Å². The highest BCUT2D eigenvalue weighted by Gasteiger charge is 1.96. The Morgan fingerprint density at radius 1 is 2.17 bits per heavy atom. The van der Waals surface area contributed by atoms with E-state index >= 15 is 0 Å². The van der Waals surface area contributed by atoms with Crippen LogP contribution in [0.3, 0.4) is 0 Å². The first-order chi connectivity index (χ1) is 3.85. The summed E-state index contributed by atoms with van der Waals surface area (Å²) in [5.74, 6) is -1.83. The number of primary amides is 1. The first-order valence-corrected chi connectivity index (χ1v) is 1.65. The van der Waals surface area contributed by atoms with Gasteiger partial charge in [0.05, 0.1) is 0 Å². The summed E-state index contributed by atoms with van der Waals surface area (Å²) < 4.78 is 20.1. The lowest BCUT2D eigenvalue weighted by Crippen LogP contribution is -2.17. The Kier molecular flexibility index (Phi) is 0.587. The molecule has 0 bridgehead atoms. The summed E-state index contributed by atoms with van der Waals surface area (Å²) in [4.78, 5) is 10.2. The van der Waals surface area contributed by atoms with Crippen LogP contribution < -0.4 is 5.73 Å². The third-order valence-electron chi connectivity index (χ3n) is 0.427. The number of nitrogens with two attached hydrogens (primary N) is 1. The van der Waals surface area contributed by atoms with Gasteiger partial charge >= 0.3 is 0 Å². The molecule has 0 aliphatic rings. The van der Waals surface area contributed by atoms with E-state index in [0.29, 0.717) is 0 Å².